The highest BCUT2D eigenvalue weighted by molar-refractivity contribution is 7.94. The third-order valence-electron chi connectivity index (χ3n) is 3.29. The van der Waals surface area contributed by atoms with Gasteiger partial charge in [-0.2, -0.15) is 4.33 Å². The van der Waals surface area contributed by atoms with Crippen molar-refractivity contribution < 1.29 is 23.5 Å². The molecule has 1 heterocycles. The minimum atomic E-state index is -0.355. The van der Waals surface area contributed by atoms with E-state index in [1.807, 2.05) is 41.8 Å². The highest BCUT2D eigenvalue weighted by Gasteiger charge is 2.13. The Bertz CT molecular complexity index is 858. The van der Waals surface area contributed by atoms with Gasteiger partial charge >= 0.3 is 5.97 Å². The number of hydrogen-bond donors (Lipinski definition) is 0. The van der Waals surface area contributed by atoms with Gasteiger partial charge in [-0.3, -0.25) is 0 Å². The van der Waals surface area contributed by atoms with E-state index in [9.17, 15) is 4.79 Å². The van der Waals surface area contributed by atoms with Crippen molar-refractivity contribution in [2.75, 3.05) is 13.7 Å². The summed E-state index contributed by atoms with van der Waals surface area (Å²) in [6.45, 7) is 2.12. The van der Waals surface area contributed by atoms with Gasteiger partial charge in [0.15, 0.2) is 0 Å². The summed E-state index contributed by atoms with van der Waals surface area (Å²) < 4.78 is 16.9. The van der Waals surface area contributed by atoms with Gasteiger partial charge in [0.1, 0.15) is 11.5 Å². The molecule has 2 aromatic carbocycles. The van der Waals surface area contributed by atoms with Crippen LogP contribution in [0.4, 0.5) is 0 Å². The summed E-state index contributed by atoms with van der Waals surface area (Å²) in [5.74, 6) is 0.928. The lowest BCUT2D eigenvalue weighted by atomic mass is 10.1. The minimum absolute atomic E-state index is 0.334. The van der Waals surface area contributed by atoms with E-state index >= 15 is 0 Å². The Morgan fingerprint density at radius 1 is 1.16 bits per heavy atom. The molecule has 0 saturated carbocycles. The van der Waals surface area contributed by atoms with E-state index in [1.165, 1.54) is 7.11 Å². The third-order valence-corrected chi connectivity index (χ3v) is 4.83. The Morgan fingerprint density at radius 3 is 2.68 bits per heavy atom. The molecular formula is C18H16O5S2. The summed E-state index contributed by atoms with van der Waals surface area (Å²) in [6.07, 6.45) is 0. The van der Waals surface area contributed by atoms with E-state index in [2.05, 4.69) is 4.89 Å². The summed E-state index contributed by atoms with van der Waals surface area (Å²) in [7, 11) is 1.45. The number of benzene rings is 2. The van der Waals surface area contributed by atoms with Crippen LogP contribution in [0.15, 0.2) is 52.7 Å². The van der Waals surface area contributed by atoms with Gasteiger partial charge in [-0.15, -0.1) is 11.3 Å². The van der Waals surface area contributed by atoms with Crippen LogP contribution in [-0.4, -0.2) is 19.7 Å². The number of esters is 1. The van der Waals surface area contributed by atoms with Crippen molar-refractivity contribution in [2.24, 2.45) is 0 Å². The molecule has 0 N–H and O–H groups in total. The summed E-state index contributed by atoms with van der Waals surface area (Å²) in [5, 5.41) is 2.92. The molecule has 0 aliphatic carbocycles. The second-order valence-corrected chi connectivity index (χ2v) is 6.64. The highest BCUT2D eigenvalue weighted by Crippen LogP contribution is 2.35. The lowest BCUT2D eigenvalue weighted by Crippen LogP contribution is -2.04. The van der Waals surface area contributed by atoms with Gasteiger partial charge in [0.05, 0.1) is 31.3 Å². The number of carbonyl (C=O) groups is 1. The normalized spacial score (nSPS) is 10.8. The molecule has 0 unspecified atom stereocenters. The van der Waals surface area contributed by atoms with Crippen LogP contribution in [0.3, 0.4) is 0 Å². The van der Waals surface area contributed by atoms with Gasteiger partial charge in [-0.1, -0.05) is 0 Å². The molecule has 5 nitrogen and oxygen atoms in total. The number of ether oxygens (including phenoxy) is 2. The fraction of sp³-hybridized carbons (Fsp3) is 0.167. The first-order valence-electron chi connectivity index (χ1n) is 7.55. The average molecular weight is 376 g/mol. The molecule has 0 aliphatic heterocycles. The molecule has 0 saturated heterocycles. The molecule has 0 aliphatic rings. The Morgan fingerprint density at radius 2 is 1.96 bits per heavy atom. The molecule has 0 amide bonds. The van der Waals surface area contributed by atoms with Crippen molar-refractivity contribution in [3.05, 3.63) is 53.4 Å². The molecule has 1 aromatic heterocycles. The van der Waals surface area contributed by atoms with Crippen LogP contribution in [0, 0.1) is 0 Å². The molecule has 0 atom stereocenters. The van der Waals surface area contributed by atoms with Crippen molar-refractivity contribution in [1.82, 2.24) is 0 Å². The number of fused-ring (bicyclic) bond motifs is 1. The fourth-order valence-electron chi connectivity index (χ4n) is 2.22. The maximum absolute atomic E-state index is 12.1. The molecule has 0 bridgehead atoms. The lowest BCUT2D eigenvalue weighted by molar-refractivity contribution is -0.160. The first kappa shape index (κ1) is 17.8. The van der Waals surface area contributed by atoms with Crippen LogP contribution in [0.2, 0.25) is 0 Å². The van der Waals surface area contributed by atoms with Gasteiger partial charge < -0.3 is 9.47 Å². The fourth-order valence-corrected chi connectivity index (χ4v) is 3.45. The van der Waals surface area contributed by atoms with Crippen molar-refractivity contribution in [3.8, 4) is 11.5 Å². The zero-order chi connectivity index (χ0) is 17.6. The first-order chi connectivity index (χ1) is 12.2. The Labute approximate surface area is 153 Å². The molecule has 130 valence electrons. The van der Waals surface area contributed by atoms with Gasteiger partial charge in [0.25, 0.3) is 0 Å². The lowest BCUT2D eigenvalue weighted by Gasteiger charge is -2.10. The van der Waals surface area contributed by atoms with Gasteiger partial charge in [0.2, 0.25) is 0 Å². The van der Waals surface area contributed by atoms with Gasteiger partial charge in [-0.05, 0) is 54.8 Å². The number of hydrogen-bond acceptors (Lipinski definition) is 7. The zero-order valence-electron chi connectivity index (χ0n) is 13.7. The summed E-state index contributed by atoms with van der Waals surface area (Å²) in [4.78, 5) is 17.5. The smallest absolute Gasteiger partial charge is 0.338 e. The first-order valence-corrected chi connectivity index (χ1v) is 9.17. The van der Waals surface area contributed by atoms with Crippen LogP contribution >= 0.6 is 23.4 Å². The summed E-state index contributed by atoms with van der Waals surface area (Å²) in [5.41, 5.74) is 0.479. The van der Waals surface area contributed by atoms with Crippen molar-refractivity contribution in [1.29, 1.82) is 0 Å². The SMILES string of the molecule is CCOC(=O)c1cc(Oc2ccc(SOOC)cc2)c2ccsc2c1. The topological polar surface area (TPSA) is 54.0 Å². The minimum Gasteiger partial charge on any atom is -0.462 e. The van der Waals surface area contributed by atoms with E-state index in [0.29, 0.717) is 23.7 Å². The van der Waals surface area contributed by atoms with Gasteiger partial charge in [0, 0.05) is 15.0 Å². The molecule has 7 heteroatoms. The molecule has 3 rings (SSSR count). The molecular weight excluding hydrogens is 360 g/mol. The van der Waals surface area contributed by atoms with Gasteiger partial charge in [-0.25, -0.2) is 9.68 Å². The Kier molecular flexibility index (Phi) is 5.93. The second-order valence-electron chi connectivity index (χ2n) is 4.92. The number of thiophene rings is 1. The van der Waals surface area contributed by atoms with E-state index in [-0.39, 0.29) is 5.97 Å². The monoisotopic (exact) mass is 376 g/mol. The highest BCUT2D eigenvalue weighted by atomic mass is 32.2. The second kappa shape index (κ2) is 8.35. The van der Waals surface area contributed by atoms with Crippen molar-refractivity contribution in [3.63, 3.8) is 0 Å². The maximum atomic E-state index is 12.1. The predicted octanol–water partition coefficient (Wildman–Crippen LogP) is 5.46. The summed E-state index contributed by atoms with van der Waals surface area (Å²) in [6, 6.07) is 12.9. The van der Waals surface area contributed by atoms with Crippen molar-refractivity contribution >= 4 is 39.4 Å². The molecule has 0 spiro atoms. The molecule has 0 radical (unpaired) electrons. The molecule has 0 fully saturated rings. The molecule has 25 heavy (non-hydrogen) atoms. The third kappa shape index (κ3) is 4.32. The maximum Gasteiger partial charge on any atom is 0.338 e. The Hall–Kier alpha value is -2.06. The van der Waals surface area contributed by atoms with Crippen LogP contribution < -0.4 is 4.74 Å². The van der Waals surface area contributed by atoms with Crippen molar-refractivity contribution in [2.45, 2.75) is 11.8 Å². The standard InChI is InChI=1S/C18H16O5S2/c1-3-21-18(19)12-10-16(15-8-9-24-17(15)11-12)22-13-4-6-14(7-5-13)25-23-20-2/h4-11H,3H2,1-2H3. The van der Waals surface area contributed by atoms with Crippen LogP contribution in [-0.2, 0) is 14.0 Å². The van der Waals surface area contributed by atoms with Crippen LogP contribution in [0.5, 0.6) is 11.5 Å². The van der Waals surface area contributed by atoms with E-state index < -0.39 is 0 Å². The largest absolute Gasteiger partial charge is 0.462 e. The molecule has 3 aromatic rings. The summed E-state index contributed by atoms with van der Waals surface area (Å²) >= 11 is 2.67. The van der Waals surface area contributed by atoms with Crippen LogP contribution in [0.25, 0.3) is 10.1 Å². The Balaban J connectivity index is 1.87. The number of carbonyl (C=O) groups excluding carboxylic acids is 1. The van der Waals surface area contributed by atoms with E-state index in [4.69, 9.17) is 13.8 Å². The zero-order valence-corrected chi connectivity index (χ0v) is 15.3. The van der Waals surface area contributed by atoms with E-state index in [0.717, 1.165) is 27.0 Å². The number of rotatable bonds is 7. The predicted molar refractivity (Wildman–Crippen MR) is 98.2 cm³/mol. The van der Waals surface area contributed by atoms with Crippen LogP contribution in [0.1, 0.15) is 17.3 Å². The average Bonchev–Trinajstić information content (AvgIpc) is 3.10. The van der Waals surface area contributed by atoms with E-state index in [1.54, 1.807) is 24.3 Å². The quantitative estimate of drug-likeness (QED) is 0.236.